The lowest BCUT2D eigenvalue weighted by Gasteiger charge is -2.14. The maximum Gasteiger partial charge on any atom is 0.220 e. The number of nitrogens with one attached hydrogen (secondary N) is 1. The quantitative estimate of drug-likeness (QED) is 0.727. The summed E-state index contributed by atoms with van der Waals surface area (Å²) in [5, 5.41) is 9.58. The molecule has 0 saturated carbocycles. The van der Waals surface area contributed by atoms with Crippen molar-refractivity contribution in [2.24, 2.45) is 0 Å². The molecular weight excluding hydrogens is 300 g/mol. The average Bonchev–Trinajstić information content (AvgIpc) is 3.08. The molecule has 0 bridgehead atoms. The summed E-state index contributed by atoms with van der Waals surface area (Å²) in [5.74, 6) is 0.0865. The number of nitrogens with zero attached hydrogens (tertiary/aromatic N) is 3. The van der Waals surface area contributed by atoms with Crippen LogP contribution < -0.4 is 5.32 Å². The van der Waals surface area contributed by atoms with E-state index in [0.29, 0.717) is 13.0 Å². The van der Waals surface area contributed by atoms with E-state index in [1.54, 1.807) is 11.0 Å². The molecule has 0 radical (unpaired) electrons. The number of hydrogen-bond donors (Lipinski definition) is 1. The van der Waals surface area contributed by atoms with Crippen LogP contribution in [0.15, 0.2) is 55.1 Å². The number of hydrogen-bond acceptors (Lipinski definition) is 3. The average molecular weight is 322 g/mol. The number of aromatic nitrogens is 3. The molecule has 0 aliphatic rings. The van der Waals surface area contributed by atoms with Crippen LogP contribution in [-0.2, 0) is 17.8 Å². The lowest BCUT2D eigenvalue weighted by molar-refractivity contribution is -0.121. The van der Waals surface area contributed by atoms with Crippen LogP contribution in [0.2, 0.25) is 0 Å². The van der Waals surface area contributed by atoms with E-state index in [2.05, 4.69) is 45.7 Å². The monoisotopic (exact) mass is 322 g/mol. The van der Waals surface area contributed by atoms with Gasteiger partial charge < -0.3 is 5.32 Å². The van der Waals surface area contributed by atoms with Gasteiger partial charge in [-0.25, -0.2) is 4.98 Å². The summed E-state index contributed by atoms with van der Waals surface area (Å²) in [6, 6.07) is 14.9. The molecular formula is C19H22N4O. The van der Waals surface area contributed by atoms with E-state index < -0.39 is 0 Å². The number of carbonyl (C=O) groups is 1. The highest BCUT2D eigenvalue weighted by atomic mass is 16.1. The van der Waals surface area contributed by atoms with Gasteiger partial charge in [0.25, 0.3) is 0 Å². The Kier molecular flexibility index (Phi) is 5.21. The predicted molar refractivity (Wildman–Crippen MR) is 94.5 cm³/mol. The molecule has 5 heteroatoms. The Labute approximate surface area is 141 Å². The first-order chi connectivity index (χ1) is 11.7. The second-order valence-electron chi connectivity index (χ2n) is 6.12. The minimum atomic E-state index is 0.0865. The number of amides is 1. The van der Waals surface area contributed by atoms with Gasteiger partial charge >= 0.3 is 0 Å². The van der Waals surface area contributed by atoms with Gasteiger partial charge in [-0.05, 0) is 36.1 Å². The van der Waals surface area contributed by atoms with Crippen molar-refractivity contribution >= 4 is 16.7 Å². The summed E-state index contributed by atoms with van der Waals surface area (Å²) in [5.41, 5.74) is 1.24. The fourth-order valence-electron chi connectivity index (χ4n) is 2.87. The molecule has 1 aromatic heterocycles. The first-order valence-electron chi connectivity index (χ1n) is 8.30. The molecule has 3 rings (SSSR count). The molecule has 2 aromatic carbocycles. The molecule has 1 amide bonds. The normalized spacial score (nSPS) is 12.2. The molecule has 24 heavy (non-hydrogen) atoms. The number of fused-ring (bicyclic) bond motifs is 1. The van der Waals surface area contributed by atoms with Gasteiger partial charge in [0, 0.05) is 19.0 Å². The van der Waals surface area contributed by atoms with E-state index in [1.807, 2.05) is 19.1 Å². The molecule has 1 N–H and O–H groups in total. The van der Waals surface area contributed by atoms with Crippen LogP contribution >= 0.6 is 0 Å². The van der Waals surface area contributed by atoms with E-state index >= 15 is 0 Å². The third kappa shape index (κ3) is 4.41. The second kappa shape index (κ2) is 7.73. The number of carbonyl (C=O) groups excluding carboxylic acids is 1. The van der Waals surface area contributed by atoms with E-state index in [4.69, 9.17) is 0 Å². The van der Waals surface area contributed by atoms with Gasteiger partial charge in [0.15, 0.2) is 0 Å². The molecule has 124 valence electrons. The smallest absolute Gasteiger partial charge is 0.220 e. The summed E-state index contributed by atoms with van der Waals surface area (Å²) in [6.07, 6.45) is 5.27. The molecule has 0 aliphatic carbocycles. The van der Waals surface area contributed by atoms with Crippen molar-refractivity contribution in [3.8, 4) is 0 Å². The summed E-state index contributed by atoms with van der Waals surface area (Å²) >= 11 is 0. The molecule has 1 atom stereocenters. The summed E-state index contributed by atoms with van der Waals surface area (Å²) in [7, 11) is 0. The summed E-state index contributed by atoms with van der Waals surface area (Å²) in [6.45, 7) is 2.76. The van der Waals surface area contributed by atoms with Gasteiger partial charge in [0.2, 0.25) is 5.91 Å². The van der Waals surface area contributed by atoms with Gasteiger partial charge in [-0.3, -0.25) is 9.48 Å². The molecule has 0 spiro atoms. The van der Waals surface area contributed by atoms with Gasteiger partial charge in [0.1, 0.15) is 12.7 Å². The summed E-state index contributed by atoms with van der Waals surface area (Å²) < 4.78 is 1.74. The maximum absolute atomic E-state index is 12.0. The van der Waals surface area contributed by atoms with Crippen molar-refractivity contribution in [1.82, 2.24) is 20.1 Å². The van der Waals surface area contributed by atoms with Crippen molar-refractivity contribution in [2.45, 2.75) is 38.8 Å². The Morgan fingerprint density at radius 3 is 2.83 bits per heavy atom. The standard InChI is InChI=1S/C19H22N4O/c1-15(22-19(24)7-4-10-23-14-20-13-21-23)11-16-8-9-17-5-2-3-6-18(17)12-16/h2-3,5-6,8-9,12-15H,4,7,10-11H2,1H3,(H,22,24)/t15-/m0/s1. The molecule has 0 unspecified atom stereocenters. The van der Waals surface area contributed by atoms with Crippen molar-refractivity contribution in [3.63, 3.8) is 0 Å². The molecule has 0 saturated heterocycles. The highest BCUT2D eigenvalue weighted by Gasteiger charge is 2.08. The zero-order chi connectivity index (χ0) is 16.8. The highest BCUT2D eigenvalue weighted by Crippen LogP contribution is 2.16. The third-order valence-electron chi connectivity index (χ3n) is 4.02. The molecule has 0 fully saturated rings. The number of benzene rings is 2. The van der Waals surface area contributed by atoms with E-state index in [-0.39, 0.29) is 11.9 Å². The van der Waals surface area contributed by atoms with Crippen LogP contribution in [0.3, 0.4) is 0 Å². The van der Waals surface area contributed by atoms with Gasteiger partial charge in [-0.1, -0.05) is 42.5 Å². The van der Waals surface area contributed by atoms with E-state index in [9.17, 15) is 4.79 Å². The van der Waals surface area contributed by atoms with Crippen LogP contribution in [0.25, 0.3) is 10.8 Å². The van der Waals surface area contributed by atoms with Crippen LogP contribution in [0, 0.1) is 0 Å². The van der Waals surface area contributed by atoms with Gasteiger partial charge in [-0.2, -0.15) is 5.10 Å². The first-order valence-corrected chi connectivity index (χ1v) is 8.30. The first kappa shape index (κ1) is 16.2. The van der Waals surface area contributed by atoms with Crippen LogP contribution in [0.5, 0.6) is 0 Å². The number of rotatable bonds is 7. The Morgan fingerprint density at radius 2 is 2.04 bits per heavy atom. The minimum Gasteiger partial charge on any atom is -0.353 e. The zero-order valence-electron chi connectivity index (χ0n) is 13.9. The largest absolute Gasteiger partial charge is 0.353 e. The van der Waals surface area contributed by atoms with Gasteiger partial charge in [-0.15, -0.1) is 0 Å². The number of aryl methyl sites for hydroxylation is 1. The molecule has 3 aromatic rings. The molecule has 1 heterocycles. The zero-order valence-corrected chi connectivity index (χ0v) is 13.9. The fraction of sp³-hybridized carbons (Fsp3) is 0.316. The van der Waals surface area contributed by atoms with Crippen molar-refractivity contribution in [1.29, 1.82) is 0 Å². The lowest BCUT2D eigenvalue weighted by atomic mass is 10.0. The van der Waals surface area contributed by atoms with Gasteiger partial charge in [0.05, 0.1) is 0 Å². The van der Waals surface area contributed by atoms with Crippen molar-refractivity contribution in [3.05, 3.63) is 60.7 Å². The topological polar surface area (TPSA) is 59.8 Å². The fourth-order valence-corrected chi connectivity index (χ4v) is 2.87. The van der Waals surface area contributed by atoms with E-state index in [0.717, 1.165) is 12.8 Å². The summed E-state index contributed by atoms with van der Waals surface area (Å²) in [4.78, 5) is 15.9. The Balaban J connectivity index is 1.47. The minimum absolute atomic E-state index is 0.0865. The Bertz CT molecular complexity index is 798. The highest BCUT2D eigenvalue weighted by molar-refractivity contribution is 5.83. The third-order valence-corrected chi connectivity index (χ3v) is 4.02. The van der Waals surface area contributed by atoms with Crippen LogP contribution in [0.4, 0.5) is 0 Å². The lowest BCUT2D eigenvalue weighted by Crippen LogP contribution is -2.34. The molecule has 5 nitrogen and oxygen atoms in total. The molecule has 0 aliphatic heterocycles. The van der Waals surface area contributed by atoms with Crippen LogP contribution in [-0.4, -0.2) is 26.7 Å². The van der Waals surface area contributed by atoms with Crippen molar-refractivity contribution in [2.75, 3.05) is 0 Å². The second-order valence-corrected chi connectivity index (χ2v) is 6.12. The van der Waals surface area contributed by atoms with Crippen LogP contribution in [0.1, 0.15) is 25.3 Å². The predicted octanol–water partition coefficient (Wildman–Crippen LogP) is 2.96. The SMILES string of the molecule is C[C@@H](Cc1ccc2ccccc2c1)NC(=O)CCCn1cncn1. The Morgan fingerprint density at radius 1 is 1.21 bits per heavy atom. The Hall–Kier alpha value is -2.69. The van der Waals surface area contributed by atoms with Crippen molar-refractivity contribution < 1.29 is 4.79 Å². The van der Waals surface area contributed by atoms with E-state index in [1.165, 1.54) is 22.7 Å². The maximum atomic E-state index is 12.0.